The third-order valence-electron chi connectivity index (χ3n) is 3.41. The smallest absolute Gasteiger partial charge is 0.409 e. The lowest BCUT2D eigenvalue weighted by molar-refractivity contribution is 0.106. The molecule has 0 aromatic rings. The van der Waals surface area contributed by atoms with Gasteiger partial charge in [0, 0.05) is 19.6 Å². The van der Waals surface area contributed by atoms with Crippen molar-refractivity contribution in [2.24, 2.45) is 5.92 Å². The molecule has 0 unspecified atom stereocenters. The fourth-order valence-corrected chi connectivity index (χ4v) is 3.40. The maximum absolute atomic E-state index is 11.7. The molecule has 0 aromatic heterocycles. The van der Waals surface area contributed by atoms with E-state index in [2.05, 4.69) is 9.46 Å². The Balaban J connectivity index is 2.28. The van der Waals surface area contributed by atoms with E-state index in [1.807, 2.05) is 6.92 Å². The van der Waals surface area contributed by atoms with Gasteiger partial charge in [-0.15, -0.1) is 0 Å². The molecule has 0 spiro atoms. The molecule has 7 heteroatoms. The highest BCUT2D eigenvalue weighted by atomic mass is 32.2. The van der Waals surface area contributed by atoms with Crippen LogP contribution >= 0.6 is 0 Å². The van der Waals surface area contributed by atoms with Crippen molar-refractivity contribution < 1.29 is 17.9 Å². The quantitative estimate of drug-likeness (QED) is 0.797. The van der Waals surface area contributed by atoms with Crippen LogP contribution in [0.25, 0.3) is 0 Å². The molecule has 1 saturated heterocycles. The van der Waals surface area contributed by atoms with Gasteiger partial charge in [-0.05, 0) is 25.2 Å². The minimum absolute atomic E-state index is 0.199. The van der Waals surface area contributed by atoms with Crippen LogP contribution in [0.4, 0.5) is 4.79 Å². The van der Waals surface area contributed by atoms with Crippen molar-refractivity contribution in [2.75, 3.05) is 32.5 Å². The fourth-order valence-electron chi connectivity index (χ4n) is 2.10. The zero-order valence-corrected chi connectivity index (χ0v) is 12.5. The average Bonchev–Trinajstić information content (AvgIpc) is 2.43. The molecule has 0 saturated carbocycles. The van der Waals surface area contributed by atoms with Gasteiger partial charge in [0.25, 0.3) is 0 Å². The summed E-state index contributed by atoms with van der Waals surface area (Å²) >= 11 is 0. The number of methoxy groups -OCH3 is 1. The van der Waals surface area contributed by atoms with E-state index in [0.717, 1.165) is 19.3 Å². The van der Waals surface area contributed by atoms with Crippen molar-refractivity contribution in [3.8, 4) is 0 Å². The van der Waals surface area contributed by atoms with Crippen molar-refractivity contribution in [1.29, 1.82) is 0 Å². The zero-order valence-electron chi connectivity index (χ0n) is 11.7. The van der Waals surface area contributed by atoms with Crippen LogP contribution in [0.1, 0.15) is 32.6 Å². The highest BCUT2D eigenvalue weighted by Gasteiger charge is 2.24. The minimum Gasteiger partial charge on any atom is -0.453 e. The standard InChI is InChI=1S/C12H24N2O4S/c1-3-4-9-19(16,17)13-10-11-5-7-14(8-6-11)12(15)18-2/h11,13H,3-10H2,1-2H3. The number of nitrogens with one attached hydrogen (secondary N) is 1. The first-order valence-electron chi connectivity index (χ1n) is 6.78. The summed E-state index contributed by atoms with van der Waals surface area (Å²) < 4.78 is 30.6. The first-order valence-corrected chi connectivity index (χ1v) is 8.44. The van der Waals surface area contributed by atoms with Gasteiger partial charge in [0.05, 0.1) is 12.9 Å². The van der Waals surface area contributed by atoms with Gasteiger partial charge in [-0.3, -0.25) is 0 Å². The van der Waals surface area contributed by atoms with Crippen molar-refractivity contribution in [3.63, 3.8) is 0 Å². The lowest BCUT2D eigenvalue weighted by atomic mass is 9.97. The predicted octanol–water partition coefficient (Wildman–Crippen LogP) is 1.18. The van der Waals surface area contributed by atoms with E-state index in [-0.39, 0.29) is 11.8 Å². The van der Waals surface area contributed by atoms with Crippen LogP contribution in [0.15, 0.2) is 0 Å². The highest BCUT2D eigenvalue weighted by Crippen LogP contribution is 2.17. The number of rotatable bonds is 6. The molecular formula is C12H24N2O4S. The molecule has 1 aliphatic rings. The normalized spacial score (nSPS) is 17.5. The van der Waals surface area contributed by atoms with E-state index in [4.69, 9.17) is 0 Å². The number of unbranched alkanes of at least 4 members (excludes halogenated alkanes) is 1. The monoisotopic (exact) mass is 292 g/mol. The van der Waals surface area contributed by atoms with Crippen LogP contribution in [-0.2, 0) is 14.8 Å². The van der Waals surface area contributed by atoms with Crippen molar-refractivity contribution in [3.05, 3.63) is 0 Å². The summed E-state index contributed by atoms with van der Waals surface area (Å²) in [7, 11) is -1.76. The Morgan fingerprint density at radius 2 is 2.00 bits per heavy atom. The Morgan fingerprint density at radius 3 is 2.53 bits per heavy atom. The van der Waals surface area contributed by atoms with Crippen LogP contribution in [0.3, 0.4) is 0 Å². The number of ether oxygens (including phenoxy) is 1. The van der Waals surface area contributed by atoms with E-state index in [1.54, 1.807) is 4.90 Å². The number of amides is 1. The molecule has 0 aromatic carbocycles. The number of hydrogen-bond donors (Lipinski definition) is 1. The van der Waals surface area contributed by atoms with Gasteiger partial charge < -0.3 is 9.64 Å². The Bertz CT molecular complexity index is 375. The summed E-state index contributed by atoms with van der Waals surface area (Å²) in [6.07, 6.45) is 2.88. The topological polar surface area (TPSA) is 75.7 Å². The Kier molecular flexibility index (Phi) is 6.57. The lowest BCUT2D eigenvalue weighted by Gasteiger charge is -2.30. The van der Waals surface area contributed by atoms with E-state index in [0.29, 0.717) is 32.0 Å². The molecule has 0 radical (unpaired) electrons. The second-order valence-corrected chi connectivity index (χ2v) is 6.85. The summed E-state index contributed by atoms with van der Waals surface area (Å²) in [4.78, 5) is 13.0. The van der Waals surface area contributed by atoms with Crippen molar-refractivity contribution in [1.82, 2.24) is 9.62 Å². The summed E-state index contributed by atoms with van der Waals surface area (Å²) in [6, 6.07) is 0. The molecule has 1 aliphatic heterocycles. The second kappa shape index (κ2) is 7.69. The number of hydrogen-bond acceptors (Lipinski definition) is 4. The molecule has 1 fully saturated rings. The van der Waals surface area contributed by atoms with E-state index < -0.39 is 10.0 Å². The summed E-state index contributed by atoms with van der Waals surface area (Å²) in [5.74, 6) is 0.502. The summed E-state index contributed by atoms with van der Waals surface area (Å²) in [6.45, 7) is 3.71. The molecule has 112 valence electrons. The molecule has 1 heterocycles. The van der Waals surface area contributed by atoms with Crippen LogP contribution in [0, 0.1) is 5.92 Å². The largest absolute Gasteiger partial charge is 0.453 e. The zero-order chi connectivity index (χ0) is 14.3. The molecule has 0 bridgehead atoms. The molecule has 0 aliphatic carbocycles. The number of sulfonamides is 1. The maximum Gasteiger partial charge on any atom is 0.409 e. The van der Waals surface area contributed by atoms with Crippen LogP contribution in [0.2, 0.25) is 0 Å². The first-order chi connectivity index (χ1) is 8.98. The van der Waals surface area contributed by atoms with E-state index in [1.165, 1.54) is 7.11 Å². The molecule has 1 rings (SSSR count). The fraction of sp³-hybridized carbons (Fsp3) is 0.917. The molecule has 1 amide bonds. The van der Waals surface area contributed by atoms with E-state index in [9.17, 15) is 13.2 Å². The van der Waals surface area contributed by atoms with Gasteiger partial charge in [0.2, 0.25) is 10.0 Å². The summed E-state index contributed by atoms with van der Waals surface area (Å²) in [5.41, 5.74) is 0. The van der Waals surface area contributed by atoms with Crippen molar-refractivity contribution in [2.45, 2.75) is 32.6 Å². The van der Waals surface area contributed by atoms with Crippen LogP contribution < -0.4 is 4.72 Å². The third-order valence-corrected chi connectivity index (χ3v) is 4.84. The third kappa shape index (κ3) is 5.78. The minimum atomic E-state index is -3.13. The Morgan fingerprint density at radius 1 is 1.37 bits per heavy atom. The van der Waals surface area contributed by atoms with Gasteiger partial charge in [0.1, 0.15) is 0 Å². The van der Waals surface area contributed by atoms with Gasteiger partial charge in [-0.25, -0.2) is 17.9 Å². The molecular weight excluding hydrogens is 268 g/mol. The second-order valence-electron chi connectivity index (χ2n) is 4.92. The lowest BCUT2D eigenvalue weighted by Crippen LogP contribution is -2.41. The number of nitrogens with zero attached hydrogens (tertiary/aromatic N) is 1. The van der Waals surface area contributed by atoms with Crippen LogP contribution in [-0.4, -0.2) is 51.9 Å². The molecule has 1 N–H and O–H groups in total. The van der Waals surface area contributed by atoms with Gasteiger partial charge in [0.15, 0.2) is 0 Å². The molecule has 6 nitrogen and oxygen atoms in total. The number of carbonyl (C=O) groups excluding carboxylic acids is 1. The Labute approximate surface area is 115 Å². The molecule has 0 atom stereocenters. The SMILES string of the molecule is CCCCS(=O)(=O)NCC1CCN(C(=O)OC)CC1. The van der Waals surface area contributed by atoms with Gasteiger partial charge in [-0.2, -0.15) is 0 Å². The predicted molar refractivity (Wildman–Crippen MR) is 73.4 cm³/mol. The van der Waals surface area contributed by atoms with Crippen molar-refractivity contribution >= 4 is 16.1 Å². The number of carbonyl (C=O) groups is 1. The number of likely N-dealkylation sites (tertiary alicyclic amines) is 1. The van der Waals surface area contributed by atoms with Crippen LogP contribution in [0.5, 0.6) is 0 Å². The average molecular weight is 292 g/mol. The van der Waals surface area contributed by atoms with E-state index >= 15 is 0 Å². The van der Waals surface area contributed by atoms with Gasteiger partial charge >= 0.3 is 6.09 Å². The Hall–Kier alpha value is -0.820. The van der Waals surface area contributed by atoms with Gasteiger partial charge in [-0.1, -0.05) is 13.3 Å². The first kappa shape index (κ1) is 16.2. The summed E-state index contributed by atoms with van der Waals surface area (Å²) in [5, 5.41) is 0. The number of piperidine rings is 1. The maximum atomic E-state index is 11.7. The molecule has 19 heavy (non-hydrogen) atoms. The highest BCUT2D eigenvalue weighted by molar-refractivity contribution is 7.89.